The van der Waals surface area contributed by atoms with Crippen molar-refractivity contribution in [1.82, 2.24) is 10.3 Å². The van der Waals surface area contributed by atoms with Crippen LogP contribution in [0.15, 0.2) is 12.1 Å². The SMILES string of the molecule is CNc1cc(C(=O)NC(C)CCS(C)=O)cc(C(C)C)n1. The smallest absolute Gasteiger partial charge is 0.251 e. The first-order valence-electron chi connectivity index (χ1n) is 7.14. The molecule has 0 aliphatic carbocycles. The molecule has 0 aromatic carbocycles. The van der Waals surface area contributed by atoms with E-state index in [0.29, 0.717) is 23.6 Å². The van der Waals surface area contributed by atoms with Gasteiger partial charge in [-0.2, -0.15) is 0 Å². The molecule has 0 radical (unpaired) electrons. The van der Waals surface area contributed by atoms with E-state index in [1.807, 2.05) is 26.8 Å². The van der Waals surface area contributed by atoms with Gasteiger partial charge in [-0.05, 0) is 31.4 Å². The fraction of sp³-hybridized carbons (Fsp3) is 0.600. The van der Waals surface area contributed by atoms with Crippen LogP contribution in [0.1, 0.15) is 49.2 Å². The molecule has 0 aliphatic heterocycles. The van der Waals surface area contributed by atoms with E-state index >= 15 is 0 Å². The Hall–Kier alpha value is -1.43. The molecule has 5 nitrogen and oxygen atoms in total. The van der Waals surface area contributed by atoms with Crippen molar-refractivity contribution in [2.24, 2.45) is 0 Å². The number of carbonyl (C=O) groups excluding carboxylic acids is 1. The normalized spacial score (nSPS) is 13.8. The lowest BCUT2D eigenvalue weighted by Gasteiger charge is -2.15. The maximum atomic E-state index is 12.3. The molecule has 118 valence electrons. The van der Waals surface area contributed by atoms with Crippen molar-refractivity contribution in [3.63, 3.8) is 0 Å². The molecule has 1 aromatic heterocycles. The van der Waals surface area contributed by atoms with Crippen LogP contribution in [0.5, 0.6) is 0 Å². The minimum Gasteiger partial charge on any atom is -0.373 e. The van der Waals surface area contributed by atoms with Crippen LogP contribution in [0.25, 0.3) is 0 Å². The first-order valence-corrected chi connectivity index (χ1v) is 8.86. The van der Waals surface area contributed by atoms with E-state index in [1.165, 1.54) is 0 Å². The van der Waals surface area contributed by atoms with Gasteiger partial charge in [0.1, 0.15) is 5.82 Å². The largest absolute Gasteiger partial charge is 0.373 e. The predicted molar refractivity (Wildman–Crippen MR) is 88.4 cm³/mol. The van der Waals surface area contributed by atoms with Crippen LogP contribution in [0.3, 0.4) is 0 Å². The first kappa shape index (κ1) is 17.6. The van der Waals surface area contributed by atoms with Gasteiger partial charge in [0, 0.05) is 47.2 Å². The Balaban J connectivity index is 2.81. The highest BCUT2D eigenvalue weighted by Crippen LogP contribution is 2.17. The second-order valence-corrected chi connectivity index (χ2v) is 7.07. The maximum absolute atomic E-state index is 12.3. The molecule has 0 saturated carbocycles. The van der Waals surface area contributed by atoms with Crippen molar-refractivity contribution in [1.29, 1.82) is 0 Å². The summed E-state index contributed by atoms with van der Waals surface area (Å²) in [5.74, 6) is 1.42. The Bertz CT molecular complexity index is 518. The molecular weight excluding hydrogens is 286 g/mol. The summed E-state index contributed by atoms with van der Waals surface area (Å²) in [6, 6.07) is 3.56. The number of nitrogens with zero attached hydrogens (tertiary/aromatic N) is 1. The van der Waals surface area contributed by atoms with E-state index in [9.17, 15) is 9.00 Å². The predicted octanol–water partition coefficient (Wildman–Crippen LogP) is 2.13. The number of amides is 1. The van der Waals surface area contributed by atoms with Crippen molar-refractivity contribution >= 4 is 22.5 Å². The fourth-order valence-electron chi connectivity index (χ4n) is 1.83. The standard InChI is InChI=1S/C15H25N3O2S/c1-10(2)13-8-12(9-14(16-4)18-13)15(19)17-11(3)6-7-21(5)20/h8-11H,6-7H2,1-5H3,(H,16,18)(H,17,19). The van der Waals surface area contributed by atoms with Gasteiger partial charge in [-0.1, -0.05) is 13.8 Å². The monoisotopic (exact) mass is 311 g/mol. The van der Waals surface area contributed by atoms with E-state index < -0.39 is 10.8 Å². The van der Waals surface area contributed by atoms with Crippen molar-refractivity contribution in [2.45, 2.75) is 39.2 Å². The molecule has 6 heteroatoms. The summed E-state index contributed by atoms with van der Waals surface area (Å²) >= 11 is 0. The number of pyridine rings is 1. The summed E-state index contributed by atoms with van der Waals surface area (Å²) < 4.78 is 11.1. The van der Waals surface area contributed by atoms with Crippen LogP contribution in [-0.2, 0) is 10.8 Å². The number of carbonyl (C=O) groups is 1. The summed E-state index contributed by atoms with van der Waals surface area (Å²) in [6.07, 6.45) is 2.38. The molecule has 2 atom stereocenters. The molecule has 0 saturated heterocycles. The van der Waals surface area contributed by atoms with Crippen molar-refractivity contribution in [2.75, 3.05) is 24.4 Å². The Morgan fingerprint density at radius 2 is 2.00 bits per heavy atom. The van der Waals surface area contributed by atoms with Gasteiger partial charge < -0.3 is 10.6 Å². The molecule has 1 aromatic rings. The lowest BCUT2D eigenvalue weighted by atomic mass is 10.1. The summed E-state index contributed by atoms with van der Waals surface area (Å²) in [6.45, 7) is 6.01. The topological polar surface area (TPSA) is 71.1 Å². The summed E-state index contributed by atoms with van der Waals surface area (Å²) in [5.41, 5.74) is 1.48. The average Bonchev–Trinajstić information content (AvgIpc) is 2.44. The van der Waals surface area contributed by atoms with Crippen molar-refractivity contribution < 1.29 is 9.00 Å². The molecule has 0 aliphatic rings. The summed E-state index contributed by atoms with van der Waals surface area (Å²) in [5, 5.41) is 5.92. The molecule has 1 rings (SSSR count). The van der Waals surface area contributed by atoms with Gasteiger partial charge in [-0.25, -0.2) is 4.98 Å². The van der Waals surface area contributed by atoms with Crippen LogP contribution >= 0.6 is 0 Å². The van der Waals surface area contributed by atoms with Crippen molar-refractivity contribution in [3.05, 3.63) is 23.4 Å². The Morgan fingerprint density at radius 1 is 1.33 bits per heavy atom. The summed E-state index contributed by atoms with van der Waals surface area (Å²) in [7, 11) is 0.953. The highest BCUT2D eigenvalue weighted by atomic mass is 32.2. The number of aromatic nitrogens is 1. The number of nitrogens with one attached hydrogen (secondary N) is 2. The van der Waals surface area contributed by atoms with Crippen LogP contribution in [0, 0.1) is 0 Å². The number of rotatable bonds is 7. The zero-order chi connectivity index (χ0) is 16.0. The number of anilines is 1. The van der Waals surface area contributed by atoms with Crippen LogP contribution in [-0.4, -0.2) is 40.2 Å². The Morgan fingerprint density at radius 3 is 2.52 bits per heavy atom. The zero-order valence-electron chi connectivity index (χ0n) is 13.4. The third-order valence-corrected chi connectivity index (χ3v) is 3.98. The van der Waals surface area contributed by atoms with Crippen LogP contribution in [0.2, 0.25) is 0 Å². The molecule has 0 bridgehead atoms. The van der Waals surface area contributed by atoms with Gasteiger partial charge in [0.05, 0.1) is 0 Å². The lowest BCUT2D eigenvalue weighted by Crippen LogP contribution is -2.33. The molecule has 0 fully saturated rings. The second kappa shape index (κ2) is 8.12. The minimum atomic E-state index is -0.832. The highest BCUT2D eigenvalue weighted by Gasteiger charge is 2.14. The Labute approximate surface area is 129 Å². The van der Waals surface area contributed by atoms with Gasteiger partial charge in [0.25, 0.3) is 5.91 Å². The zero-order valence-corrected chi connectivity index (χ0v) is 14.2. The van der Waals surface area contributed by atoms with Gasteiger partial charge in [-0.15, -0.1) is 0 Å². The molecular formula is C15H25N3O2S. The van der Waals surface area contributed by atoms with Gasteiger partial charge in [-0.3, -0.25) is 9.00 Å². The highest BCUT2D eigenvalue weighted by molar-refractivity contribution is 7.84. The molecule has 0 spiro atoms. The van der Waals surface area contributed by atoms with E-state index in [1.54, 1.807) is 19.4 Å². The molecule has 2 unspecified atom stereocenters. The van der Waals surface area contributed by atoms with Gasteiger partial charge >= 0.3 is 0 Å². The van der Waals surface area contributed by atoms with E-state index in [0.717, 1.165) is 5.69 Å². The molecule has 21 heavy (non-hydrogen) atoms. The fourth-order valence-corrected chi connectivity index (χ4v) is 2.51. The number of hydrogen-bond acceptors (Lipinski definition) is 4. The van der Waals surface area contributed by atoms with Crippen LogP contribution < -0.4 is 10.6 Å². The van der Waals surface area contributed by atoms with E-state index in [-0.39, 0.29) is 17.9 Å². The second-order valence-electron chi connectivity index (χ2n) is 5.51. The van der Waals surface area contributed by atoms with E-state index in [4.69, 9.17) is 0 Å². The molecule has 1 amide bonds. The number of hydrogen-bond donors (Lipinski definition) is 2. The maximum Gasteiger partial charge on any atom is 0.251 e. The minimum absolute atomic E-state index is 0.00454. The van der Waals surface area contributed by atoms with Crippen LogP contribution in [0.4, 0.5) is 5.82 Å². The molecule has 1 heterocycles. The molecule has 2 N–H and O–H groups in total. The van der Waals surface area contributed by atoms with E-state index in [2.05, 4.69) is 15.6 Å². The quantitative estimate of drug-likeness (QED) is 0.809. The average molecular weight is 311 g/mol. The summed E-state index contributed by atoms with van der Waals surface area (Å²) in [4.78, 5) is 16.7. The Kier molecular flexibility index (Phi) is 6.81. The lowest BCUT2D eigenvalue weighted by molar-refractivity contribution is 0.0939. The third-order valence-electron chi connectivity index (χ3n) is 3.17. The van der Waals surface area contributed by atoms with Gasteiger partial charge in [0.2, 0.25) is 0 Å². The third kappa shape index (κ3) is 5.83. The van der Waals surface area contributed by atoms with Gasteiger partial charge in [0.15, 0.2) is 0 Å². The first-order chi connectivity index (χ1) is 9.83. The van der Waals surface area contributed by atoms with Crippen molar-refractivity contribution in [3.8, 4) is 0 Å².